The SMILES string of the molecule is CCc1cc(NC2CCC(O)CC2)nc(C)n1. The Kier molecular flexibility index (Phi) is 3.94. The molecule has 1 aromatic heterocycles. The Balaban J connectivity index is 2.00. The summed E-state index contributed by atoms with van der Waals surface area (Å²) in [5, 5.41) is 12.9. The summed E-state index contributed by atoms with van der Waals surface area (Å²) >= 11 is 0. The highest BCUT2D eigenvalue weighted by atomic mass is 16.3. The molecule has 0 aliphatic heterocycles. The Morgan fingerprint density at radius 3 is 2.65 bits per heavy atom. The molecule has 4 heteroatoms. The molecule has 1 aliphatic carbocycles. The Morgan fingerprint density at radius 1 is 1.29 bits per heavy atom. The zero-order valence-corrected chi connectivity index (χ0v) is 10.6. The van der Waals surface area contributed by atoms with Crippen molar-refractivity contribution in [2.75, 3.05) is 5.32 Å². The molecular formula is C13H21N3O. The molecule has 2 rings (SSSR count). The van der Waals surface area contributed by atoms with Gasteiger partial charge in [0, 0.05) is 17.8 Å². The van der Waals surface area contributed by atoms with E-state index in [1.54, 1.807) is 0 Å². The molecule has 0 aromatic carbocycles. The van der Waals surface area contributed by atoms with Gasteiger partial charge in [0.2, 0.25) is 0 Å². The highest BCUT2D eigenvalue weighted by Gasteiger charge is 2.19. The second kappa shape index (κ2) is 5.45. The van der Waals surface area contributed by atoms with E-state index in [9.17, 15) is 5.11 Å². The van der Waals surface area contributed by atoms with Crippen LogP contribution in [0, 0.1) is 6.92 Å². The van der Waals surface area contributed by atoms with E-state index in [1.165, 1.54) is 0 Å². The lowest BCUT2D eigenvalue weighted by molar-refractivity contribution is 0.126. The maximum absolute atomic E-state index is 9.47. The van der Waals surface area contributed by atoms with Crippen molar-refractivity contribution in [3.05, 3.63) is 17.6 Å². The van der Waals surface area contributed by atoms with Gasteiger partial charge in [0.1, 0.15) is 11.6 Å². The van der Waals surface area contributed by atoms with Gasteiger partial charge in [-0.05, 0) is 39.0 Å². The van der Waals surface area contributed by atoms with Gasteiger partial charge in [-0.15, -0.1) is 0 Å². The number of rotatable bonds is 3. The predicted molar refractivity (Wildman–Crippen MR) is 68.0 cm³/mol. The van der Waals surface area contributed by atoms with Crippen LogP contribution in [0.2, 0.25) is 0 Å². The zero-order valence-electron chi connectivity index (χ0n) is 10.6. The number of aromatic nitrogens is 2. The standard InChI is InChI=1S/C13H21N3O/c1-3-10-8-13(15-9(2)14-10)16-11-4-6-12(17)7-5-11/h8,11-12,17H,3-7H2,1-2H3,(H,14,15,16). The van der Waals surface area contributed by atoms with Crippen molar-refractivity contribution in [1.82, 2.24) is 9.97 Å². The first-order chi connectivity index (χ1) is 8.17. The molecule has 0 unspecified atom stereocenters. The predicted octanol–water partition coefficient (Wildman–Crippen LogP) is 2.06. The molecule has 1 saturated carbocycles. The highest BCUT2D eigenvalue weighted by molar-refractivity contribution is 5.37. The lowest BCUT2D eigenvalue weighted by Gasteiger charge is -2.26. The lowest BCUT2D eigenvalue weighted by Crippen LogP contribution is -2.28. The average molecular weight is 235 g/mol. The summed E-state index contributed by atoms with van der Waals surface area (Å²) < 4.78 is 0. The van der Waals surface area contributed by atoms with Crippen molar-refractivity contribution in [2.45, 2.75) is 58.1 Å². The van der Waals surface area contributed by atoms with Gasteiger partial charge >= 0.3 is 0 Å². The summed E-state index contributed by atoms with van der Waals surface area (Å²) in [5.41, 5.74) is 1.08. The number of aliphatic hydroxyl groups excluding tert-OH is 1. The van der Waals surface area contributed by atoms with Crippen molar-refractivity contribution < 1.29 is 5.11 Å². The molecule has 17 heavy (non-hydrogen) atoms. The van der Waals surface area contributed by atoms with Gasteiger partial charge < -0.3 is 10.4 Å². The molecule has 2 N–H and O–H groups in total. The Hall–Kier alpha value is -1.16. The molecule has 4 nitrogen and oxygen atoms in total. The first kappa shape index (κ1) is 12.3. The molecule has 0 atom stereocenters. The van der Waals surface area contributed by atoms with Gasteiger partial charge in [0.25, 0.3) is 0 Å². The molecule has 94 valence electrons. The molecule has 0 saturated heterocycles. The minimum atomic E-state index is -0.105. The third-order valence-electron chi connectivity index (χ3n) is 3.30. The summed E-state index contributed by atoms with van der Waals surface area (Å²) in [5.74, 6) is 1.75. The molecule has 0 bridgehead atoms. The molecular weight excluding hydrogens is 214 g/mol. The lowest BCUT2D eigenvalue weighted by atomic mass is 9.93. The largest absolute Gasteiger partial charge is 0.393 e. The van der Waals surface area contributed by atoms with Crippen molar-refractivity contribution in [3.8, 4) is 0 Å². The van der Waals surface area contributed by atoms with Gasteiger partial charge in [-0.1, -0.05) is 6.92 Å². The summed E-state index contributed by atoms with van der Waals surface area (Å²) in [4.78, 5) is 8.78. The van der Waals surface area contributed by atoms with Crippen molar-refractivity contribution >= 4 is 5.82 Å². The fourth-order valence-electron chi connectivity index (χ4n) is 2.31. The minimum Gasteiger partial charge on any atom is -0.393 e. The normalized spacial score (nSPS) is 24.6. The van der Waals surface area contributed by atoms with E-state index in [0.29, 0.717) is 6.04 Å². The van der Waals surface area contributed by atoms with E-state index in [2.05, 4.69) is 22.2 Å². The smallest absolute Gasteiger partial charge is 0.130 e. The van der Waals surface area contributed by atoms with E-state index in [-0.39, 0.29) is 6.10 Å². The fraction of sp³-hybridized carbons (Fsp3) is 0.692. The fourth-order valence-corrected chi connectivity index (χ4v) is 2.31. The Morgan fingerprint density at radius 2 is 2.00 bits per heavy atom. The maximum atomic E-state index is 9.47. The van der Waals surface area contributed by atoms with Crippen LogP contribution in [0.1, 0.15) is 44.1 Å². The Labute approximate surface area is 102 Å². The summed E-state index contributed by atoms with van der Waals surface area (Å²) in [7, 11) is 0. The number of anilines is 1. The van der Waals surface area contributed by atoms with Crippen LogP contribution < -0.4 is 5.32 Å². The highest BCUT2D eigenvalue weighted by Crippen LogP contribution is 2.21. The number of hydrogen-bond donors (Lipinski definition) is 2. The summed E-state index contributed by atoms with van der Waals surface area (Å²) in [6.07, 6.45) is 4.65. The molecule has 1 heterocycles. The molecule has 0 amide bonds. The van der Waals surface area contributed by atoms with Crippen LogP contribution in [-0.2, 0) is 6.42 Å². The van der Waals surface area contributed by atoms with Gasteiger partial charge in [-0.3, -0.25) is 0 Å². The van der Waals surface area contributed by atoms with Crippen LogP contribution in [0.15, 0.2) is 6.07 Å². The average Bonchev–Trinajstić information content (AvgIpc) is 2.31. The van der Waals surface area contributed by atoms with Crippen LogP contribution >= 0.6 is 0 Å². The first-order valence-corrected chi connectivity index (χ1v) is 6.46. The molecule has 1 aromatic rings. The molecule has 0 spiro atoms. The minimum absolute atomic E-state index is 0.105. The van der Waals surface area contributed by atoms with Crippen LogP contribution in [0.5, 0.6) is 0 Å². The molecule has 1 fully saturated rings. The van der Waals surface area contributed by atoms with Crippen LogP contribution in [0.4, 0.5) is 5.82 Å². The number of hydrogen-bond acceptors (Lipinski definition) is 4. The van der Waals surface area contributed by atoms with Crippen molar-refractivity contribution in [1.29, 1.82) is 0 Å². The van der Waals surface area contributed by atoms with Gasteiger partial charge in [0.15, 0.2) is 0 Å². The van der Waals surface area contributed by atoms with Crippen molar-refractivity contribution in [2.24, 2.45) is 0 Å². The maximum Gasteiger partial charge on any atom is 0.130 e. The van der Waals surface area contributed by atoms with Crippen LogP contribution in [-0.4, -0.2) is 27.2 Å². The second-order valence-electron chi connectivity index (χ2n) is 4.80. The van der Waals surface area contributed by atoms with E-state index in [4.69, 9.17) is 0 Å². The quantitative estimate of drug-likeness (QED) is 0.842. The summed E-state index contributed by atoms with van der Waals surface area (Å²) in [6.45, 7) is 4.03. The third-order valence-corrected chi connectivity index (χ3v) is 3.30. The van der Waals surface area contributed by atoms with Crippen LogP contribution in [0.25, 0.3) is 0 Å². The van der Waals surface area contributed by atoms with Gasteiger partial charge in [0.05, 0.1) is 6.10 Å². The number of aliphatic hydroxyl groups is 1. The third kappa shape index (κ3) is 3.40. The second-order valence-corrected chi connectivity index (χ2v) is 4.80. The zero-order chi connectivity index (χ0) is 12.3. The first-order valence-electron chi connectivity index (χ1n) is 6.46. The monoisotopic (exact) mass is 235 g/mol. The number of aryl methyl sites for hydroxylation is 2. The van der Waals surface area contributed by atoms with E-state index >= 15 is 0 Å². The summed E-state index contributed by atoms with van der Waals surface area (Å²) in [6, 6.07) is 2.47. The molecule has 0 radical (unpaired) electrons. The van der Waals surface area contributed by atoms with Gasteiger partial charge in [-0.2, -0.15) is 0 Å². The number of nitrogens with one attached hydrogen (secondary N) is 1. The topological polar surface area (TPSA) is 58.0 Å². The van der Waals surface area contributed by atoms with Crippen LogP contribution in [0.3, 0.4) is 0 Å². The van der Waals surface area contributed by atoms with E-state index in [1.807, 2.05) is 13.0 Å². The van der Waals surface area contributed by atoms with E-state index in [0.717, 1.165) is 49.4 Å². The molecule has 1 aliphatic rings. The van der Waals surface area contributed by atoms with E-state index < -0.39 is 0 Å². The van der Waals surface area contributed by atoms with Gasteiger partial charge in [-0.25, -0.2) is 9.97 Å². The Bertz CT molecular complexity index is 373. The number of nitrogens with zero attached hydrogens (tertiary/aromatic N) is 2. The van der Waals surface area contributed by atoms with Crippen molar-refractivity contribution in [3.63, 3.8) is 0 Å².